The van der Waals surface area contributed by atoms with Crippen LogP contribution in [-0.4, -0.2) is 0 Å². The predicted molar refractivity (Wildman–Crippen MR) is 63.6 cm³/mol. The van der Waals surface area contributed by atoms with Gasteiger partial charge in [-0.25, -0.2) is 4.39 Å². The number of benzene rings is 2. The van der Waals surface area contributed by atoms with E-state index in [9.17, 15) is 4.39 Å². The lowest BCUT2D eigenvalue weighted by Crippen LogP contribution is -2.12. The summed E-state index contributed by atoms with van der Waals surface area (Å²) in [7, 11) is 0. The average molecular weight is 215 g/mol. The van der Waals surface area contributed by atoms with Crippen LogP contribution in [0.15, 0.2) is 36.4 Å². The molecule has 0 spiro atoms. The van der Waals surface area contributed by atoms with E-state index in [0.29, 0.717) is 11.3 Å². The van der Waals surface area contributed by atoms with Gasteiger partial charge in [0, 0.05) is 11.4 Å². The second-order valence-corrected chi connectivity index (χ2v) is 4.55. The van der Waals surface area contributed by atoms with Crippen LogP contribution < -0.4 is 5.73 Å². The number of nitrogens with two attached hydrogens (primary N) is 1. The number of hydrogen-bond acceptors (Lipinski definition) is 1. The van der Waals surface area contributed by atoms with Crippen LogP contribution >= 0.6 is 0 Å². The van der Waals surface area contributed by atoms with Gasteiger partial charge in [0.15, 0.2) is 0 Å². The third-order valence-corrected chi connectivity index (χ3v) is 3.39. The van der Waals surface area contributed by atoms with E-state index in [4.69, 9.17) is 5.73 Å². The van der Waals surface area contributed by atoms with Crippen LogP contribution in [0, 0.1) is 11.7 Å². The highest BCUT2D eigenvalue weighted by atomic mass is 19.1. The SMILES string of the molecule is NC(c1ccc(F)c2ccccc12)C1CC1. The fourth-order valence-electron chi connectivity index (χ4n) is 2.29. The minimum absolute atomic E-state index is 0.0606. The molecule has 0 bridgehead atoms. The van der Waals surface area contributed by atoms with Crippen molar-refractivity contribution >= 4 is 10.8 Å². The summed E-state index contributed by atoms with van der Waals surface area (Å²) >= 11 is 0. The molecule has 0 aromatic heterocycles. The van der Waals surface area contributed by atoms with Crippen molar-refractivity contribution in [1.82, 2.24) is 0 Å². The quantitative estimate of drug-likeness (QED) is 0.816. The molecule has 0 radical (unpaired) electrons. The maximum absolute atomic E-state index is 13.6. The predicted octanol–water partition coefficient (Wildman–Crippen LogP) is 3.39. The monoisotopic (exact) mass is 215 g/mol. The first kappa shape index (κ1) is 9.79. The molecule has 16 heavy (non-hydrogen) atoms. The van der Waals surface area contributed by atoms with Crippen molar-refractivity contribution < 1.29 is 4.39 Å². The van der Waals surface area contributed by atoms with E-state index >= 15 is 0 Å². The Bertz CT molecular complexity index is 531. The summed E-state index contributed by atoms with van der Waals surface area (Å²) in [6, 6.07) is 11.0. The van der Waals surface area contributed by atoms with Gasteiger partial charge in [0.2, 0.25) is 0 Å². The third kappa shape index (κ3) is 1.50. The molecular weight excluding hydrogens is 201 g/mol. The molecule has 2 heteroatoms. The maximum Gasteiger partial charge on any atom is 0.131 e. The zero-order valence-electron chi connectivity index (χ0n) is 8.99. The van der Waals surface area contributed by atoms with Crippen molar-refractivity contribution in [3.63, 3.8) is 0 Å². The highest BCUT2D eigenvalue weighted by Crippen LogP contribution is 2.41. The standard InChI is InChI=1S/C14H14FN/c15-13-8-7-12(14(16)9-5-6-9)10-3-1-2-4-11(10)13/h1-4,7-9,14H,5-6,16H2. The van der Waals surface area contributed by atoms with Crippen LogP contribution in [0.5, 0.6) is 0 Å². The highest BCUT2D eigenvalue weighted by Gasteiger charge is 2.30. The van der Waals surface area contributed by atoms with E-state index in [1.807, 2.05) is 30.3 Å². The summed E-state index contributed by atoms with van der Waals surface area (Å²) in [5.74, 6) is 0.427. The summed E-state index contributed by atoms with van der Waals surface area (Å²) in [4.78, 5) is 0. The number of fused-ring (bicyclic) bond motifs is 1. The molecular formula is C14H14FN. The van der Waals surface area contributed by atoms with Crippen LogP contribution in [0.4, 0.5) is 4.39 Å². The van der Waals surface area contributed by atoms with Gasteiger partial charge in [-0.15, -0.1) is 0 Å². The van der Waals surface area contributed by atoms with Gasteiger partial charge in [0.1, 0.15) is 5.82 Å². The number of rotatable bonds is 2. The third-order valence-electron chi connectivity index (χ3n) is 3.39. The Labute approximate surface area is 94.1 Å². The van der Waals surface area contributed by atoms with E-state index in [-0.39, 0.29) is 11.9 Å². The van der Waals surface area contributed by atoms with Crippen LogP contribution in [0.2, 0.25) is 0 Å². The van der Waals surface area contributed by atoms with Gasteiger partial charge in [0.05, 0.1) is 0 Å². The first-order chi connectivity index (χ1) is 7.77. The van der Waals surface area contributed by atoms with E-state index < -0.39 is 0 Å². The first-order valence-corrected chi connectivity index (χ1v) is 5.70. The molecule has 0 aliphatic heterocycles. The summed E-state index contributed by atoms with van der Waals surface area (Å²) < 4.78 is 13.6. The molecule has 1 fully saturated rings. The Hall–Kier alpha value is -1.41. The Morgan fingerprint density at radius 1 is 1.06 bits per heavy atom. The van der Waals surface area contributed by atoms with Crippen LogP contribution in [0.3, 0.4) is 0 Å². The molecule has 2 aromatic rings. The van der Waals surface area contributed by atoms with E-state index in [2.05, 4.69) is 0 Å². The Morgan fingerprint density at radius 3 is 2.44 bits per heavy atom. The lowest BCUT2D eigenvalue weighted by atomic mass is 9.96. The van der Waals surface area contributed by atoms with Gasteiger partial charge in [-0.1, -0.05) is 30.3 Å². The fraction of sp³-hybridized carbons (Fsp3) is 0.286. The molecule has 3 rings (SSSR count). The van der Waals surface area contributed by atoms with Gasteiger partial charge in [0.25, 0.3) is 0 Å². The summed E-state index contributed by atoms with van der Waals surface area (Å²) in [6.07, 6.45) is 2.40. The topological polar surface area (TPSA) is 26.0 Å². The van der Waals surface area contributed by atoms with Crippen molar-refractivity contribution in [2.45, 2.75) is 18.9 Å². The van der Waals surface area contributed by atoms with Crippen molar-refractivity contribution in [2.24, 2.45) is 11.7 Å². The normalized spacial score (nSPS) is 17.6. The zero-order chi connectivity index (χ0) is 11.1. The second kappa shape index (κ2) is 3.56. The lowest BCUT2D eigenvalue weighted by molar-refractivity contribution is 0.625. The molecule has 0 amide bonds. The zero-order valence-corrected chi connectivity index (χ0v) is 8.99. The van der Waals surface area contributed by atoms with Gasteiger partial charge in [-0.2, -0.15) is 0 Å². The van der Waals surface area contributed by atoms with Gasteiger partial charge in [-0.05, 0) is 35.8 Å². The van der Waals surface area contributed by atoms with E-state index in [1.54, 1.807) is 0 Å². The molecule has 1 aliphatic carbocycles. The van der Waals surface area contributed by atoms with Crippen molar-refractivity contribution in [3.8, 4) is 0 Å². The summed E-state index contributed by atoms with van der Waals surface area (Å²) in [5.41, 5.74) is 7.28. The molecule has 0 heterocycles. The fourth-order valence-corrected chi connectivity index (χ4v) is 2.29. The molecule has 0 saturated heterocycles. The molecule has 1 saturated carbocycles. The van der Waals surface area contributed by atoms with Crippen LogP contribution in [0.1, 0.15) is 24.4 Å². The summed E-state index contributed by atoms with van der Waals surface area (Å²) in [6.45, 7) is 0. The van der Waals surface area contributed by atoms with Crippen LogP contribution in [0.25, 0.3) is 10.8 Å². The average Bonchev–Trinajstić information content (AvgIpc) is 3.13. The maximum atomic E-state index is 13.6. The Balaban J connectivity index is 2.20. The lowest BCUT2D eigenvalue weighted by Gasteiger charge is -2.14. The number of hydrogen-bond donors (Lipinski definition) is 1. The molecule has 1 atom stereocenters. The largest absolute Gasteiger partial charge is 0.324 e. The Kier molecular flexibility index (Phi) is 2.18. The highest BCUT2D eigenvalue weighted by molar-refractivity contribution is 5.86. The minimum atomic E-state index is -0.164. The van der Waals surface area contributed by atoms with Crippen LogP contribution in [-0.2, 0) is 0 Å². The second-order valence-electron chi connectivity index (χ2n) is 4.55. The molecule has 82 valence electrons. The molecule has 1 nitrogen and oxygen atoms in total. The van der Waals surface area contributed by atoms with Crippen molar-refractivity contribution in [2.75, 3.05) is 0 Å². The van der Waals surface area contributed by atoms with Gasteiger partial charge in [-0.3, -0.25) is 0 Å². The van der Waals surface area contributed by atoms with Gasteiger partial charge >= 0.3 is 0 Å². The molecule has 2 aromatic carbocycles. The van der Waals surface area contributed by atoms with Gasteiger partial charge < -0.3 is 5.73 Å². The minimum Gasteiger partial charge on any atom is -0.324 e. The smallest absolute Gasteiger partial charge is 0.131 e. The molecule has 1 aliphatic rings. The van der Waals surface area contributed by atoms with E-state index in [1.165, 1.54) is 18.9 Å². The molecule has 1 unspecified atom stereocenters. The van der Waals surface area contributed by atoms with Crippen molar-refractivity contribution in [3.05, 3.63) is 47.8 Å². The number of halogens is 1. The Morgan fingerprint density at radius 2 is 1.75 bits per heavy atom. The first-order valence-electron chi connectivity index (χ1n) is 5.70. The van der Waals surface area contributed by atoms with E-state index in [0.717, 1.165) is 10.9 Å². The summed E-state index contributed by atoms with van der Waals surface area (Å²) in [5, 5.41) is 1.64. The molecule has 2 N–H and O–H groups in total. The van der Waals surface area contributed by atoms with Crippen molar-refractivity contribution in [1.29, 1.82) is 0 Å².